The Morgan fingerprint density at radius 1 is 0.639 bits per heavy atom. The molecule has 0 fully saturated rings. The van der Waals surface area contributed by atoms with Crippen molar-refractivity contribution in [1.29, 1.82) is 0 Å². The molecule has 182 valence electrons. The van der Waals surface area contributed by atoms with Crippen molar-refractivity contribution >= 4 is 11.7 Å². The number of benzene rings is 4. The summed E-state index contributed by atoms with van der Waals surface area (Å²) in [7, 11) is 3.04. The molecule has 0 aliphatic heterocycles. The Bertz CT molecular complexity index is 1270. The molecule has 0 saturated heterocycles. The van der Waals surface area contributed by atoms with E-state index in [1.807, 2.05) is 129 Å². The smallest absolute Gasteiger partial charge is 0.339 e. The summed E-state index contributed by atoms with van der Waals surface area (Å²) in [6, 6.07) is 37.4. The quantitative estimate of drug-likeness (QED) is 0.213. The van der Waals surface area contributed by atoms with Crippen LogP contribution in [0, 0.1) is 0 Å². The van der Waals surface area contributed by atoms with E-state index in [0.717, 1.165) is 16.7 Å². The second-order valence-corrected chi connectivity index (χ2v) is 9.11. The fourth-order valence-corrected chi connectivity index (χ4v) is 4.68. The molecule has 4 heteroatoms. The molecule has 0 aliphatic carbocycles. The summed E-state index contributed by atoms with van der Waals surface area (Å²) in [4.78, 5) is 19.4. The summed E-state index contributed by atoms with van der Waals surface area (Å²) in [6.07, 6.45) is 0. The number of aliphatic imine (C=N–C) groups is 1. The van der Waals surface area contributed by atoms with Crippen LogP contribution in [0.4, 0.5) is 0 Å². The van der Waals surface area contributed by atoms with Crippen molar-refractivity contribution < 1.29 is 14.3 Å². The van der Waals surface area contributed by atoms with Gasteiger partial charge in [0.2, 0.25) is 0 Å². The highest BCUT2D eigenvalue weighted by atomic mass is 16.5. The summed E-state index contributed by atoms with van der Waals surface area (Å²) >= 11 is 0. The largest absolute Gasteiger partial charge is 0.497 e. The van der Waals surface area contributed by atoms with Crippen LogP contribution in [0.15, 0.2) is 120 Å². The number of carbonyl (C=O) groups excluding carboxylic acids is 1. The van der Waals surface area contributed by atoms with Crippen molar-refractivity contribution in [3.05, 3.63) is 138 Å². The number of methoxy groups -OCH3 is 2. The van der Waals surface area contributed by atoms with Gasteiger partial charge in [0.05, 0.1) is 19.9 Å². The first-order chi connectivity index (χ1) is 17.4. The van der Waals surface area contributed by atoms with Crippen LogP contribution >= 0.6 is 0 Å². The summed E-state index contributed by atoms with van der Waals surface area (Å²) in [6.45, 7) is 4.08. The van der Waals surface area contributed by atoms with Gasteiger partial charge in [-0.05, 0) is 23.3 Å². The van der Waals surface area contributed by atoms with Gasteiger partial charge >= 0.3 is 5.97 Å². The van der Waals surface area contributed by atoms with E-state index in [1.54, 1.807) is 7.11 Å². The predicted octanol–water partition coefficient (Wildman–Crippen LogP) is 6.58. The molecule has 0 radical (unpaired) electrons. The molecule has 0 spiro atoms. The number of ether oxygens (including phenoxy) is 2. The molecule has 0 aromatic heterocycles. The lowest BCUT2D eigenvalue weighted by atomic mass is 9.64. The summed E-state index contributed by atoms with van der Waals surface area (Å²) in [5, 5.41) is 0. The number of esters is 1. The van der Waals surface area contributed by atoms with Crippen molar-refractivity contribution in [3.8, 4) is 5.75 Å². The maximum Gasteiger partial charge on any atom is 0.339 e. The Hall–Kier alpha value is -4.18. The van der Waals surface area contributed by atoms with Gasteiger partial charge < -0.3 is 9.47 Å². The van der Waals surface area contributed by atoms with Gasteiger partial charge in [-0.15, -0.1) is 0 Å². The Morgan fingerprint density at radius 3 is 1.56 bits per heavy atom. The Balaban J connectivity index is 2.12. The molecule has 4 nitrogen and oxygen atoms in total. The minimum atomic E-state index is -1.41. The molecule has 36 heavy (non-hydrogen) atoms. The van der Waals surface area contributed by atoms with Crippen LogP contribution in [0.5, 0.6) is 5.75 Å². The van der Waals surface area contributed by atoms with E-state index < -0.39 is 16.9 Å². The Kier molecular flexibility index (Phi) is 7.35. The highest BCUT2D eigenvalue weighted by Gasteiger charge is 2.55. The normalized spacial score (nSPS) is 12.8. The molecule has 4 rings (SSSR count). The second kappa shape index (κ2) is 10.6. The SMILES string of the molecule is COC(=O)C(N=C(c1ccccc1)c1ccccc1)(c1ccc(OC)cc1)C(C)(C)c1ccccc1. The third-order valence-electron chi connectivity index (χ3n) is 6.76. The van der Waals surface area contributed by atoms with Crippen molar-refractivity contribution in [2.24, 2.45) is 4.99 Å². The minimum Gasteiger partial charge on any atom is -0.497 e. The Labute approximate surface area is 213 Å². The van der Waals surface area contributed by atoms with Gasteiger partial charge in [0.25, 0.3) is 0 Å². The molecule has 4 aromatic rings. The van der Waals surface area contributed by atoms with E-state index in [1.165, 1.54) is 7.11 Å². The number of hydrogen-bond donors (Lipinski definition) is 0. The fourth-order valence-electron chi connectivity index (χ4n) is 4.68. The van der Waals surface area contributed by atoms with Crippen LogP contribution in [0.25, 0.3) is 0 Å². The maximum atomic E-state index is 14.0. The van der Waals surface area contributed by atoms with Gasteiger partial charge in [-0.2, -0.15) is 0 Å². The predicted molar refractivity (Wildman–Crippen MR) is 145 cm³/mol. The van der Waals surface area contributed by atoms with Gasteiger partial charge in [0.1, 0.15) is 5.75 Å². The van der Waals surface area contributed by atoms with E-state index in [0.29, 0.717) is 17.0 Å². The van der Waals surface area contributed by atoms with Gasteiger partial charge in [0.15, 0.2) is 5.54 Å². The zero-order chi connectivity index (χ0) is 25.6. The first-order valence-corrected chi connectivity index (χ1v) is 11.9. The average Bonchev–Trinajstić information content (AvgIpc) is 2.95. The zero-order valence-electron chi connectivity index (χ0n) is 21.1. The third-order valence-corrected chi connectivity index (χ3v) is 6.76. The molecule has 0 saturated carbocycles. The second-order valence-electron chi connectivity index (χ2n) is 9.11. The average molecular weight is 478 g/mol. The van der Waals surface area contributed by atoms with Gasteiger partial charge in [0, 0.05) is 16.5 Å². The molecule has 0 N–H and O–H groups in total. The fraction of sp³-hybridized carbons (Fsp3) is 0.188. The minimum absolute atomic E-state index is 0.439. The van der Waals surface area contributed by atoms with Crippen LogP contribution in [0.3, 0.4) is 0 Å². The first kappa shape index (κ1) is 24.9. The molecule has 0 aliphatic rings. The molecule has 4 aromatic carbocycles. The highest BCUT2D eigenvalue weighted by molar-refractivity contribution is 6.14. The lowest BCUT2D eigenvalue weighted by molar-refractivity contribution is -0.150. The zero-order valence-corrected chi connectivity index (χ0v) is 21.1. The van der Waals surface area contributed by atoms with Crippen molar-refractivity contribution in [2.45, 2.75) is 24.8 Å². The number of carbonyl (C=O) groups is 1. The summed E-state index contributed by atoms with van der Waals surface area (Å²) < 4.78 is 10.9. The monoisotopic (exact) mass is 477 g/mol. The number of hydrogen-bond acceptors (Lipinski definition) is 4. The van der Waals surface area contributed by atoms with Crippen LogP contribution < -0.4 is 4.74 Å². The van der Waals surface area contributed by atoms with Crippen molar-refractivity contribution in [1.82, 2.24) is 0 Å². The van der Waals surface area contributed by atoms with Crippen LogP contribution in [-0.4, -0.2) is 25.9 Å². The standard InChI is InChI=1S/C32H31NO3/c1-31(2,26-18-12-7-13-19-26)32(30(34)36-4,27-20-22-28(35-3)23-21-27)33-29(24-14-8-5-9-15-24)25-16-10-6-11-17-25/h5-23H,1-4H3. The molecule has 1 unspecified atom stereocenters. The molecule has 0 heterocycles. The van der Waals surface area contributed by atoms with Crippen LogP contribution in [0.1, 0.15) is 36.1 Å². The van der Waals surface area contributed by atoms with E-state index in [2.05, 4.69) is 0 Å². The third kappa shape index (κ3) is 4.55. The van der Waals surface area contributed by atoms with E-state index >= 15 is 0 Å². The molecule has 1 atom stereocenters. The van der Waals surface area contributed by atoms with Gasteiger partial charge in [-0.3, -0.25) is 4.99 Å². The topological polar surface area (TPSA) is 47.9 Å². The highest BCUT2D eigenvalue weighted by Crippen LogP contribution is 2.47. The van der Waals surface area contributed by atoms with Crippen molar-refractivity contribution in [2.75, 3.05) is 14.2 Å². The van der Waals surface area contributed by atoms with E-state index in [4.69, 9.17) is 14.5 Å². The molecular weight excluding hydrogens is 446 g/mol. The summed E-state index contributed by atoms with van der Waals surface area (Å²) in [5.41, 5.74) is 2.02. The van der Waals surface area contributed by atoms with E-state index in [-0.39, 0.29) is 0 Å². The lowest BCUT2D eigenvalue weighted by Gasteiger charge is -2.43. The molecule has 0 bridgehead atoms. The van der Waals surface area contributed by atoms with Gasteiger partial charge in [-0.25, -0.2) is 4.79 Å². The molecule has 0 amide bonds. The lowest BCUT2D eigenvalue weighted by Crippen LogP contribution is -2.51. The van der Waals surface area contributed by atoms with E-state index in [9.17, 15) is 4.79 Å². The molecular formula is C32H31NO3. The number of nitrogens with zero attached hydrogens (tertiary/aromatic N) is 1. The van der Waals surface area contributed by atoms with Crippen LogP contribution in [0.2, 0.25) is 0 Å². The van der Waals surface area contributed by atoms with Crippen LogP contribution in [-0.2, 0) is 20.5 Å². The number of rotatable bonds is 8. The maximum absolute atomic E-state index is 14.0. The van der Waals surface area contributed by atoms with Gasteiger partial charge in [-0.1, -0.05) is 117 Å². The summed E-state index contributed by atoms with van der Waals surface area (Å²) in [5.74, 6) is 0.260. The first-order valence-electron chi connectivity index (χ1n) is 11.9. The van der Waals surface area contributed by atoms with Crippen molar-refractivity contribution in [3.63, 3.8) is 0 Å². The Morgan fingerprint density at radius 2 is 1.11 bits per heavy atom.